The normalized spacial score (nSPS) is 10.8. The molecular formula is C12H14N2O2. The zero-order valence-corrected chi connectivity index (χ0v) is 9.19. The molecule has 0 saturated carbocycles. The molecule has 0 amide bonds. The number of nitrogens with one attached hydrogen (secondary N) is 1. The van der Waals surface area contributed by atoms with E-state index in [-0.39, 0.29) is 5.56 Å². The molecule has 0 fully saturated rings. The molecule has 4 heteroatoms. The van der Waals surface area contributed by atoms with Crippen LogP contribution >= 0.6 is 0 Å². The molecule has 0 aliphatic carbocycles. The van der Waals surface area contributed by atoms with Gasteiger partial charge in [-0.15, -0.1) is 0 Å². The second kappa shape index (κ2) is 4.90. The van der Waals surface area contributed by atoms with E-state index < -0.39 is 0 Å². The van der Waals surface area contributed by atoms with Crippen LogP contribution in [0.5, 0.6) is 0 Å². The highest BCUT2D eigenvalue weighted by molar-refractivity contribution is 5.77. The number of ether oxygens (including phenoxy) is 1. The van der Waals surface area contributed by atoms with Crippen LogP contribution in [0.4, 0.5) is 0 Å². The van der Waals surface area contributed by atoms with E-state index in [9.17, 15) is 4.79 Å². The van der Waals surface area contributed by atoms with Gasteiger partial charge in [-0.1, -0.05) is 12.1 Å². The van der Waals surface area contributed by atoms with Gasteiger partial charge in [0.1, 0.15) is 5.82 Å². The Morgan fingerprint density at radius 3 is 3.00 bits per heavy atom. The van der Waals surface area contributed by atoms with Crippen molar-refractivity contribution in [2.45, 2.75) is 13.3 Å². The zero-order valence-electron chi connectivity index (χ0n) is 9.19. The van der Waals surface area contributed by atoms with Gasteiger partial charge in [-0.05, 0) is 19.1 Å². The summed E-state index contributed by atoms with van der Waals surface area (Å²) in [5.74, 6) is 0.678. The molecule has 0 radical (unpaired) electrons. The Hall–Kier alpha value is -1.68. The van der Waals surface area contributed by atoms with Gasteiger partial charge in [-0.3, -0.25) is 4.79 Å². The summed E-state index contributed by atoms with van der Waals surface area (Å²) in [4.78, 5) is 18.8. The Kier molecular flexibility index (Phi) is 3.31. The largest absolute Gasteiger partial charge is 0.381 e. The first-order valence-corrected chi connectivity index (χ1v) is 5.37. The van der Waals surface area contributed by atoms with Crippen molar-refractivity contribution in [3.05, 3.63) is 40.4 Å². The van der Waals surface area contributed by atoms with Crippen molar-refractivity contribution in [1.29, 1.82) is 0 Å². The lowest BCUT2D eigenvalue weighted by Gasteiger charge is -2.02. The third-order valence-electron chi connectivity index (χ3n) is 2.35. The van der Waals surface area contributed by atoms with Crippen molar-refractivity contribution >= 4 is 10.9 Å². The number of aromatic nitrogens is 2. The molecule has 2 rings (SSSR count). The minimum Gasteiger partial charge on any atom is -0.381 e. The molecule has 0 aliphatic heterocycles. The number of rotatable bonds is 4. The van der Waals surface area contributed by atoms with Crippen LogP contribution < -0.4 is 5.56 Å². The standard InChI is InChI=1S/C12H14N2O2/c1-2-16-8-7-11-13-10-6-4-3-5-9(10)12(15)14-11/h3-6H,2,7-8H2,1H3,(H,13,14,15). The lowest BCUT2D eigenvalue weighted by molar-refractivity contribution is 0.149. The van der Waals surface area contributed by atoms with Gasteiger partial charge in [0.25, 0.3) is 5.56 Å². The van der Waals surface area contributed by atoms with Crippen molar-refractivity contribution in [3.8, 4) is 0 Å². The number of nitrogens with zero attached hydrogens (tertiary/aromatic N) is 1. The predicted molar refractivity (Wildman–Crippen MR) is 62.6 cm³/mol. The van der Waals surface area contributed by atoms with Crippen molar-refractivity contribution in [3.63, 3.8) is 0 Å². The first-order chi connectivity index (χ1) is 7.81. The van der Waals surface area contributed by atoms with Crippen LogP contribution in [0, 0.1) is 0 Å². The molecule has 0 aliphatic rings. The van der Waals surface area contributed by atoms with Crippen LogP contribution in [-0.2, 0) is 11.2 Å². The summed E-state index contributed by atoms with van der Waals surface area (Å²) in [5, 5.41) is 0.627. The first kappa shape index (κ1) is 10.8. The molecule has 2 aromatic rings. The van der Waals surface area contributed by atoms with Crippen molar-refractivity contribution in [1.82, 2.24) is 9.97 Å². The number of benzene rings is 1. The molecule has 0 spiro atoms. The monoisotopic (exact) mass is 218 g/mol. The Balaban J connectivity index is 2.31. The minimum absolute atomic E-state index is 0.0860. The number of para-hydroxylation sites is 1. The summed E-state index contributed by atoms with van der Waals surface area (Å²) in [7, 11) is 0. The van der Waals surface area contributed by atoms with Crippen LogP contribution in [0.1, 0.15) is 12.7 Å². The van der Waals surface area contributed by atoms with Crippen molar-refractivity contribution in [2.24, 2.45) is 0 Å². The molecule has 16 heavy (non-hydrogen) atoms. The molecule has 1 aromatic heterocycles. The Bertz CT molecular complexity index is 534. The fourth-order valence-electron chi connectivity index (χ4n) is 1.57. The average Bonchev–Trinajstić information content (AvgIpc) is 2.30. The smallest absolute Gasteiger partial charge is 0.258 e. The summed E-state index contributed by atoms with van der Waals surface area (Å²) in [6, 6.07) is 7.32. The van der Waals surface area contributed by atoms with Crippen LogP contribution in [0.2, 0.25) is 0 Å². The third kappa shape index (κ3) is 2.28. The maximum Gasteiger partial charge on any atom is 0.258 e. The van der Waals surface area contributed by atoms with Gasteiger partial charge in [-0.2, -0.15) is 0 Å². The number of aromatic amines is 1. The highest BCUT2D eigenvalue weighted by Gasteiger charge is 2.02. The molecule has 0 unspecified atom stereocenters. The first-order valence-electron chi connectivity index (χ1n) is 5.37. The molecule has 1 aromatic carbocycles. The highest BCUT2D eigenvalue weighted by atomic mass is 16.5. The zero-order chi connectivity index (χ0) is 11.4. The maximum absolute atomic E-state index is 11.7. The lowest BCUT2D eigenvalue weighted by Crippen LogP contribution is -2.13. The van der Waals surface area contributed by atoms with E-state index in [1.54, 1.807) is 6.07 Å². The van der Waals surface area contributed by atoms with Gasteiger partial charge < -0.3 is 9.72 Å². The minimum atomic E-state index is -0.0860. The summed E-state index contributed by atoms with van der Waals surface area (Å²) in [5.41, 5.74) is 0.648. The molecule has 84 valence electrons. The van der Waals surface area contributed by atoms with E-state index in [0.717, 1.165) is 5.52 Å². The van der Waals surface area contributed by atoms with Gasteiger partial charge in [0, 0.05) is 13.0 Å². The highest BCUT2D eigenvalue weighted by Crippen LogP contribution is 2.05. The molecule has 1 heterocycles. The maximum atomic E-state index is 11.7. The van der Waals surface area contributed by atoms with Crippen LogP contribution in [0.15, 0.2) is 29.1 Å². The van der Waals surface area contributed by atoms with Crippen LogP contribution in [0.3, 0.4) is 0 Å². The number of fused-ring (bicyclic) bond motifs is 1. The molecule has 4 nitrogen and oxygen atoms in total. The van der Waals surface area contributed by atoms with Gasteiger partial charge in [-0.25, -0.2) is 4.98 Å². The SMILES string of the molecule is CCOCCc1nc2ccccc2c(=O)[nH]1. The van der Waals surface area contributed by atoms with Crippen molar-refractivity contribution in [2.75, 3.05) is 13.2 Å². The predicted octanol–water partition coefficient (Wildman–Crippen LogP) is 1.50. The van der Waals surface area contributed by atoms with Gasteiger partial charge >= 0.3 is 0 Å². The molecule has 0 bridgehead atoms. The second-order valence-corrected chi connectivity index (χ2v) is 3.48. The van der Waals surface area contributed by atoms with E-state index in [2.05, 4.69) is 9.97 Å². The van der Waals surface area contributed by atoms with E-state index in [0.29, 0.717) is 30.8 Å². The van der Waals surface area contributed by atoms with Crippen LogP contribution in [0.25, 0.3) is 10.9 Å². The lowest BCUT2D eigenvalue weighted by atomic mass is 10.2. The third-order valence-corrected chi connectivity index (χ3v) is 2.35. The quantitative estimate of drug-likeness (QED) is 0.791. The Morgan fingerprint density at radius 1 is 1.38 bits per heavy atom. The van der Waals surface area contributed by atoms with E-state index in [1.165, 1.54) is 0 Å². The number of hydrogen-bond acceptors (Lipinski definition) is 3. The van der Waals surface area contributed by atoms with Gasteiger partial charge in [0.05, 0.1) is 17.5 Å². The summed E-state index contributed by atoms with van der Waals surface area (Å²) >= 11 is 0. The molecule has 1 N–H and O–H groups in total. The van der Waals surface area contributed by atoms with Gasteiger partial charge in [0.2, 0.25) is 0 Å². The Morgan fingerprint density at radius 2 is 2.19 bits per heavy atom. The van der Waals surface area contributed by atoms with Crippen molar-refractivity contribution < 1.29 is 4.74 Å². The van der Waals surface area contributed by atoms with E-state index in [1.807, 2.05) is 25.1 Å². The molecule has 0 atom stereocenters. The van der Waals surface area contributed by atoms with Gasteiger partial charge in [0.15, 0.2) is 0 Å². The topological polar surface area (TPSA) is 55.0 Å². The number of H-pyrrole nitrogens is 1. The molecule has 0 saturated heterocycles. The summed E-state index contributed by atoms with van der Waals surface area (Å²) in [6.07, 6.45) is 0.633. The fourth-order valence-corrected chi connectivity index (χ4v) is 1.57. The summed E-state index contributed by atoms with van der Waals surface area (Å²) < 4.78 is 5.23. The van der Waals surface area contributed by atoms with Crippen LogP contribution in [-0.4, -0.2) is 23.2 Å². The van der Waals surface area contributed by atoms with E-state index in [4.69, 9.17) is 4.74 Å². The molecular weight excluding hydrogens is 204 g/mol. The Labute approximate surface area is 93.3 Å². The fraction of sp³-hybridized carbons (Fsp3) is 0.333. The average molecular weight is 218 g/mol. The second-order valence-electron chi connectivity index (χ2n) is 3.48. The number of hydrogen-bond donors (Lipinski definition) is 1. The summed E-state index contributed by atoms with van der Waals surface area (Å²) in [6.45, 7) is 3.20. The van der Waals surface area contributed by atoms with E-state index >= 15 is 0 Å².